The number of aromatic nitrogens is 1. The van der Waals surface area contributed by atoms with Crippen molar-refractivity contribution in [2.24, 2.45) is 4.99 Å². The highest BCUT2D eigenvalue weighted by Crippen LogP contribution is 2.37. The number of allylic oxidation sites excluding steroid dienone is 1. The lowest BCUT2D eigenvalue weighted by Crippen LogP contribution is -2.40. The maximum Gasteiger partial charge on any atom is 0.338 e. The fourth-order valence-electron chi connectivity index (χ4n) is 5.00. The molecule has 0 aliphatic carbocycles. The summed E-state index contributed by atoms with van der Waals surface area (Å²) in [5.41, 5.74) is 2.80. The zero-order valence-electron chi connectivity index (χ0n) is 25.7. The van der Waals surface area contributed by atoms with E-state index < -0.39 is 12.0 Å². The van der Waals surface area contributed by atoms with Crippen LogP contribution in [0, 0.1) is 3.57 Å². The lowest BCUT2D eigenvalue weighted by molar-refractivity contribution is -0.139. The third-order valence-electron chi connectivity index (χ3n) is 7.00. The molecule has 0 saturated carbocycles. The van der Waals surface area contributed by atoms with Crippen molar-refractivity contribution in [3.63, 3.8) is 0 Å². The minimum absolute atomic E-state index is 0.0725. The molecule has 0 saturated heterocycles. The van der Waals surface area contributed by atoms with Gasteiger partial charge in [0.2, 0.25) is 0 Å². The van der Waals surface area contributed by atoms with Crippen molar-refractivity contribution in [3.05, 3.63) is 115 Å². The fraction of sp³-hybridized carbons (Fsp3) is 0.265. The smallest absolute Gasteiger partial charge is 0.338 e. The topological polar surface area (TPSA) is 88.4 Å². The number of methoxy groups -OCH3 is 1. The van der Waals surface area contributed by atoms with Gasteiger partial charge in [-0.25, -0.2) is 9.79 Å². The van der Waals surface area contributed by atoms with Gasteiger partial charge in [0.15, 0.2) is 22.0 Å². The average molecular weight is 838 g/mol. The highest BCUT2D eigenvalue weighted by Gasteiger charge is 2.34. The Kier molecular flexibility index (Phi) is 11.0. The molecule has 4 aromatic rings. The van der Waals surface area contributed by atoms with E-state index in [-0.39, 0.29) is 23.8 Å². The molecule has 8 nitrogen and oxygen atoms in total. The number of hydrogen-bond acceptors (Lipinski definition) is 8. The van der Waals surface area contributed by atoms with Crippen LogP contribution in [0.4, 0.5) is 0 Å². The Hall–Kier alpha value is -3.13. The summed E-state index contributed by atoms with van der Waals surface area (Å²) in [4.78, 5) is 32.5. The summed E-state index contributed by atoms with van der Waals surface area (Å²) in [6.45, 7) is 7.86. The number of benzene rings is 3. The summed E-state index contributed by atoms with van der Waals surface area (Å²) in [5, 5.41) is 0.396. The second-order valence-corrected chi connectivity index (χ2v) is 14.1. The summed E-state index contributed by atoms with van der Waals surface area (Å²) in [5.74, 6) is 1.00. The van der Waals surface area contributed by atoms with Gasteiger partial charge in [0, 0.05) is 3.57 Å². The van der Waals surface area contributed by atoms with Crippen LogP contribution in [0.3, 0.4) is 0 Å². The van der Waals surface area contributed by atoms with Crippen LogP contribution in [0.2, 0.25) is 5.02 Å². The van der Waals surface area contributed by atoms with Gasteiger partial charge < -0.3 is 18.9 Å². The van der Waals surface area contributed by atoms with Gasteiger partial charge in [0.25, 0.3) is 5.56 Å². The second-order valence-electron chi connectivity index (χ2n) is 10.6. The molecule has 0 unspecified atom stereocenters. The Morgan fingerprint density at radius 2 is 1.89 bits per heavy atom. The van der Waals surface area contributed by atoms with Crippen LogP contribution in [0.15, 0.2) is 80.1 Å². The Morgan fingerprint density at radius 1 is 1.15 bits per heavy atom. The summed E-state index contributed by atoms with van der Waals surface area (Å²) >= 11 is 13.7. The number of carbonyl (C=O) groups is 1. The molecule has 0 N–H and O–H groups in total. The van der Waals surface area contributed by atoms with Crippen LogP contribution < -0.4 is 29.1 Å². The molecule has 3 aromatic carbocycles. The molecular weight excluding hydrogens is 807 g/mol. The molecule has 1 aliphatic rings. The second kappa shape index (κ2) is 14.7. The number of ether oxygens (including phenoxy) is 4. The number of rotatable bonds is 10. The van der Waals surface area contributed by atoms with Crippen LogP contribution in [-0.4, -0.2) is 30.4 Å². The molecule has 12 heteroatoms. The number of nitrogens with zero attached hydrogens (tertiary/aromatic N) is 2. The van der Waals surface area contributed by atoms with E-state index in [2.05, 4.69) is 43.5 Å². The van der Waals surface area contributed by atoms with Crippen molar-refractivity contribution in [1.82, 2.24) is 4.57 Å². The summed E-state index contributed by atoms with van der Waals surface area (Å²) in [6.07, 6.45) is 1.68. The molecular formula is C34H31BrClIN2O6S. The van der Waals surface area contributed by atoms with Crippen molar-refractivity contribution in [3.8, 4) is 17.2 Å². The van der Waals surface area contributed by atoms with Crippen LogP contribution in [0.1, 0.15) is 50.4 Å². The Bertz CT molecular complexity index is 1980. The molecule has 1 aromatic heterocycles. The lowest BCUT2D eigenvalue weighted by Gasteiger charge is -2.25. The first kappa shape index (κ1) is 34.2. The zero-order chi connectivity index (χ0) is 33.1. The zero-order valence-corrected chi connectivity index (χ0v) is 31.0. The van der Waals surface area contributed by atoms with Crippen LogP contribution in [0.25, 0.3) is 6.08 Å². The monoisotopic (exact) mass is 836 g/mol. The fourth-order valence-corrected chi connectivity index (χ4v) is 7.40. The van der Waals surface area contributed by atoms with E-state index in [4.69, 9.17) is 30.5 Å². The molecule has 0 spiro atoms. The van der Waals surface area contributed by atoms with Gasteiger partial charge in [-0.2, -0.15) is 0 Å². The Labute approximate surface area is 297 Å². The van der Waals surface area contributed by atoms with E-state index in [0.29, 0.717) is 59.5 Å². The highest BCUT2D eigenvalue weighted by atomic mass is 127. The Balaban J connectivity index is 1.57. The van der Waals surface area contributed by atoms with Gasteiger partial charge in [-0.15, -0.1) is 0 Å². The number of halogens is 3. The van der Waals surface area contributed by atoms with E-state index in [1.54, 1.807) is 45.2 Å². The van der Waals surface area contributed by atoms with Gasteiger partial charge in [-0.3, -0.25) is 9.36 Å². The van der Waals surface area contributed by atoms with E-state index in [0.717, 1.165) is 9.13 Å². The van der Waals surface area contributed by atoms with Gasteiger partial charge in [-0.05, 0) is 125 Å². The number of hydrogen-bond donors (Lipinski definition) is 0. The van der Waals surface area contributed by atoms with Crippen LogP contribution >= 0.6 is 61.5 Å². The minimum atomic E-state index is -0.799. The quantitative estimate of drug-likeness (QED) is 0.124. The van der Waals surface area contributed by atoms with E-state index in [1.807, 2.05) is 50.2 Å². The summed E-state index contributed by atoms with van der Waals surface area (Å²) in [7, 11) is 1.55. The maximum absolute atomic E-state index is 14.1. The summed E-state index contributed by atoms with van der Waals surface area (Å²) < 4.78 is 26.7. The number of carbonyl (C=O) groups excluding carboxylic acids is 1. The molecule has 0 amide bonds. The highest BCUT2D eigenvalue weighted by molar-refractivity contribution is 14.1. The summed E-state index contributed by atoms with van der Waals surface area (Å²) in [6, 6.07) is 16.2. The van der Waals surface area contributed by atoms with Gasteiger partial charge >= 0.3 is 5.97 Å². The van der Waals surface area contributed by atoms with Gasteiger partial charge in [-0.1, -0.05) is 41.1 Å². The van der Waals surface area contributed by atoms with Crippen molar-refractivity contribution < 1.29 is 23.7 Å². The third-order valence-corrected chi connectivity index (χ3v) is 9.57. The third kappa shape index (κ3) is 7.37. The molecule has 2 heterocycles. The minimum Gasteiger partial charge on any atom is -0.493 e. The predicted octanol–water partition coefficient (Wildman–Crippen LogP) is 7.19. The first-order chi connectivity index (χ1) is 22.0. The molecule has 5 rings (SSSR count). The molecule has 0 radical (unpaired) electrons. The van der Waals surface area contributed by atoms with E-state index in [1.165, 1.54) is 15.9 Å². The molecule has 0 fully saturated rings. The van der Waals surface area contributed by atoms with Crippen molar-refractivity contribution in [2.45, 2.75) is 46.4 Å². The molecule has 240 valence electrons. The first-order valence-corrected chi connectivity index (χ1v) is 17.5. The van der Waals surface area contributed by atoms with E-state index in [9.17, 15) is 9.59 Å². The van der Waals surface area contributed by atoms with Crippen molar-refractivity contribution in [1.29, 1.82) is 0 Å². The predicted molar refractivity (Wildman–Crippen MR) is 192 cm³/mol. The average Bonchev–Trinajstić information content (AvgIpc) is 3.30. The van der Waals surface area contributed by atoms with Crippen LogP contribution in [0.5, 0.6) is 17.2 Å². The van der Waals surface area contributed by atoms with Crippen molar-refractivity contribution >= 4 is 73.5 Å². The molecule has 1 aliphatic heterocycles. The molecule has 1 atom stereocenters. The first-order valence-electron chi connectivity index (χ1n) is 14.4. The lowest BCUT2D eigenvalue weighted by atomic mass is 9.95. The Morgan fingerprint density at radius 3 is 2.54 bits per heavy atom. The largest absolute Gasteiger partial charge is 0.493 e. The van der Waals surface area contributed by atoms with Gasteiger partial charge in [0.1, 0.15) is 6.61 Å². The SMILES string of the molecule is CCOC(=O)C1=C(C)N=c2s/c(=C\c3cc(Cl)c(OCc4ccc(I)cc4)c(Br)c3)c(=O)n2[C@H]1c1ccc(OC(C)C)c(OC)c1. The molecule has 46 heavy (non-hydrogen) atoms. The maximum atomic E-state index is 14.1. The van der Waals surface area contributed by atoms with Crippen LogP contribution in [-0.2, 0) is 16.1 Å². The van der Waals surface area contributed by atoms with E-state index >= 15 is 0 Å². The molecule has 0 bridgehead atoms. The van der Waals surface area contributed by atoms with Crippen molar-refractivity contribution in [2.75, 3.05) is 13.7 Å². The number of thiazole rings is 1. The van der Waals surface area contributed by atoms with Gasteiger partial charge in [0.05, 0.1) is 51.2 Å². The standard InChI is InChI=1S/C34H31BrClIN2O6S/c1-6-43-33(41)29-19(4)38-34-39(30(29)22-9-12-26(45-18(2)3)27(16-22)42-5)32(40)28(46-34)15-21-13-24(35)31(25(36)14-21)44-17-20-7-10-23(37)11-8-20/h7-16,18,30H,6,17H2,1-5H3/b28-15-/t30-/m0/s1. The normalized spacial score (nSPS) is 14.6. The number of esters is 1. The number of fused-ring (bicyclic) bond motifs is 1.